The number of hydrogen-bond donors (Lipinski definition) is 2. The number of aromatic nitrogens is 1. The third-order valence-corrected chi connectivity index (χ3v) is 4.83. The molecule has 3 aromatic rings. The molecule has 0 bridgehead atoms. The second-order valence-electron chi connectivity index (χ2n) is 5.84. The van der Waals surface area contributed by atoms with Crippen molar-refractivity contribution in [2.45, 2.75) is 13.5 Å². The summed E-state index contributed by atoms with van der Waals surface area (Å²) in [5, 5.41) is 9.61. The van der Waals surface area contributed by atoms with Gasteiger partial charge in [-0.1, -0.05) is 30.3 Å². The van der Waals surface area contributed by atoms with Crippen molar-refractivity contribution in [3.63, 3.8) is 0 Å². The van der Waals surface area contributed by atoms with E-state index in [0.717, 1.165) is 27.7 Å². The third-order valence-electron chi connectivity index (χ3n) is 3.98. The standard InChI is InChI=1S/C21H24N4O2S/c1-4-27-18-11-10-16(12-19(18)26-3)24-21(22-2)23-13-20-25-17(14-28-20)15-8-6-5-7-9-15/h5-12,14H,4,13H2,1-3H3,(H2,22,23,24). The first kappa shape index (κ1) is 19.7. The second-order valence-corrected chi connectivity index (χ2v) is 6.78. The fourth-order valence-electron chi connectivity index (χ4n) is 2.63. The summed E-state index contributed by atoms with van der Waals surface area (Å²) in [6.07, 6.45) is 0. The third kappa shape index (κ3) is 5.01. The van der Waals surface area contributed by atoms with Gasteiger partial charge in [-0.05, 0) is 19.1 Å². The van der Waals surface area contributed by atoms with Crippen LogP contribution in [0, 0.1) is 0 Å². The molecule has 6 nitrogen and oxygen atoms in total. The molecule has 2 aromatic carbocycles. The molecule has 0 saturated carbocycles. The largest absolute Gasteiger partial charge is 0.493 e. The SMILES string of the molecule is CCOc1ccc(NC(=NC)NCc2nc(-c3ccccc3)cs2)cc1OC. The maximum atomic E-state index is 5.55. The Morgan fingerprint density at radius 3 is 2.68 bits per heavy atom. The molecule has 0 saturated heterocycles. The zero-order chi connectivity index (χ0) is 19.8. The van der Waals surface area contributed by atoms with Crippen molar-refractivity contribution in [3.05, 3.63) is 58.9 Å². The van der Waals surface area contributed by atoms with Gasteiger partial charge in [-0.15, -0.1) is 11.3 Å². The molecular formula is C21H24N4O2S. The Morgan fingerprint density at radius 1 is 1.14 bits per heavy atom. The van der Waals surface area contributed by atoms with Crippen molar-refractivity contribution in [1.29, 1.82) is 0 Å². The molecule has 28 heavy (non-hydrogen) atoms. The van der Waals surface area contributed by atoms with E-state index in [0.29, 0.717) is 24.9 Å². The first-order chi connectivity index (χ1) is 13.7. The maximum Gasteiger partial charge on any atom is 0.195 e. The summed E-state index contributed by atoms with van der Waals surface area (Å²) in [7, 11) is 3.36. The van der Waals surface area contributed by atoms with Crippen molar-refractivity contribution >= 4 is 23.0 Å². The number of methoxy groups -OCH3 is 1. The number of hydrogen-bond acceptors (Lipinski definition) is 5. The van der Waals surface area contributed by atoms with Gasteiger partial charge in [0.2, 0.25) is 0 Å². The van der Waals surface area contributed by atoms with Crippen LogP contribution in [-0.2, 0) is 6.54 Å². The van der Waals surface area contributed by atoms with Gasteiger partial charge < -0.3 is 20.1 Å². The van der Waals surface area contributed by atoms with Gasteiger partial charge in [-0.3, -0.25) is 4.99 Å². The molecule has 7 heteroatoms. The molecule has 1 heterocycles. The number of aliphatic imine (C=N–C) groups is 1. The van der Waals surface area contributed by atoms with E-state index in [1.165, 1.54) is 0 Å². The lowest BCUT2D eigenvalue weighted by Gasteiger charge is -2.14. The van der Waals surface area contributed by atoms with Gasteiger partial charge in [0.1, 0.15) is 5.01 Å². The lowest BCUT2D eigenvalue weighted by Crippen LogP contribution is -2.30. The Balaban J connectivity index is 1.62. The molecule has 0 aliphatic carbocycles. The van der Waals surface area contributed by atoms with Crippen LogP contribution in [0.1, 0.15) is 11.9 Å². The van der Waals surface area contributed by atoms with E-state index in [1.807, 2.05) is 43.3 Å². The van der Waals surface area contributed by atoms with Crippen LogP contribution in [0.4, 0.5) is 5.69 Å². The van der Waals surface area contributed by atoms with Crippen LogP contribution < -0.4 is 20.1 Å². The Bertz CT molecular complexity index is 925. The van der Waals surface area contributed by atoms with E-state index in [-0.39, 0.29) is 0 Å². The molecule has 146 valence electrons. The van der Waals surface area contributed by atoms with E-state index in [4.69, 9.17) is 9.47 Å². The van der Waals surface area contributed by atoms with Crippen LogP contribution in [0.2, 0.25) is 0 Å². The minimum atomic E-state index is 0.588. The highest BCUT2D eigenvalue weighted by Gasteiger charge is 2.08. The Morgan fingerprint density at radius 2 is 1.96 bits per heavy atom. The fraction of sp³-hybridized carbons (Fsp3) is 0.238. The van der Waals surface area contributed by atoms with Crippen molar-refractivity contribution in [2.24, 2.45) is 4.99 Å². The van der Waals surface area contributed by atoms with Gasteiger partial charge in [-0.25, -0.2) is 4.98 Å². The van der Waals surface area contributed by atoms with Crippen molar-refractivity contribution in [3.8, 4) is 22.8 Å². The minimum absolute atomic E-state index is 0.588. The summed E-state index contributed by atoms with van der Waals surface area (Å²) in [6, 6.07) is 15.9. The predicted octanol–water partition coefficient (Wildman–Crippen LogP) is 4.40. The van der Waals surface area contributed by atoms with Gasteiger partial charge in [0.15, 0.2) is 17.5 Å². The number of benzene rings is 2. The molecule has 0 fully saturated rings. The molecule has 0 aliphatic heterocycles. The van der Waals surface area contributed by atoms with Gasteiger partial charge in [0.25, 0.3) is 0 Å². The monoisotopic (exact) mass is 396 g/mol. The summed E-state index contributed by atoms with van der Waals surface area (Å²) < 4.78 is 10.9. The van der Waals surface area contributed by atoms with Crippen LogP contribution in [0.25, 0.3) is 11.3 Å². The molecule has 0 spiro atoms. The average molecular weight is 397 g/mol. The number of rotatable bonds is 7. The molecule has 0 atom stereocenters. The van der Waals surface area contributed by atoms with Crippen LogP contribution >= 0.6 is 11.3 Å². The number of guanidine groups is 1. The molecule has 0 aliphatic rings. The molecular weight excluding hydrogens is 372 g/mol. The van der Waals surface area contributed by atoms with Crippen LogP contribution in [0.15, 0.2) is 58.9 Å². The Hall–Kier alpha value is -3.06. The molecule has 0 radical (unpaired) electrons. The number of nitrogens with zero attached hydrogens (tertiary/aromatic N) is 2. The van der Waals surface area contributed by atoms with E-state index >= 15 is 0 Å². The Labute approximate surface area is 169 Å². The molecule has 0 amide bonds. The minimum Gasteiger partial charge on any atom is -0.493 e. The van der Waals surface area contributed by atoms with Crippen molar-refractivity contribution in [2.75, 3.05) is 26.1 Å². The topological polar surface area (TPSA) is 67.8 Å². The quantitative estimate of drug-likeness (QED) is 0.457. The zero-order valence-corrected chi connectivity index (χ0v) is 17.0. The van der Waals surface area contributed by atoms with E-state index in [9.17, 15) is 0 Å². The first-order valence-electron chi connectivity index (χ1n) is 9.01. The maximum absolute atomic E-state index is 5.55. The first-order valence-corrected chi connectivity index (χ1v) is 9.89. The van der Waals surface area contributed by atoms with E-state index < -0.39 is 0 Å². The summed E-state index contributed by atoms with van der Waals surface area (Å²) >= 11 is 1.62. The van der Waals surface area contributed by atoms with Gasteiger partial charge >= 0.3 is 0 Å². The summed E-state index contributed by atoms with van der Waals surface area (Å²) in [6.45, 7) is 3.12. The molecule has 1 aromatic heterocycles. The smallest absolute Gasteiger partial charge is 0.195 e. The van der Waals surface area contributed by atoms with Crippen LogP contribution in [0.5, 0.6) is 11.5 Å². The molecule has 0 unspecified atom stereocenters. The Kier molecular flexibility index (Phi) is 6.86. The normalized spacial score (nSPS) is 11.2. The second kappa shape index (κ2) is 9.75. The number of anilines is 1. The lowest BCUT2D eigenvalue weighted by atomic mass is 10.2. The van der Waals surface area contributed by atoms with Crippen LogP contribution in [0.3, 0.4) is 0 Å². The molecule has 3 rings (SSSR count). The van der Waals surface area contributed by atoms with E-state index in [2.05, 4.69) is 38.1 Å². The summed E-state index contributed by atoms with van der Waals surface area (Å²) in [4.78, 5) is 8.97. The van der Waals surface area contributed by atoms with Gasteiger partial charge in [0, 0.05) is 29.7 Å². The number of nitrogens with one attached hydrogen (secondary N) is 2. The average Bonchev–Trinajstić information content (AvgIpc) is 3.22. The fourth-order valence-corrected chi connectivity index (χ4v) is 3.37. The van der Waals surface area contributed by atoms with Crippen molar-refractivity contribution < 1.29 is 9.47 Å². The lowest BCUT2D eigenvalue weighted by molar-refractivity contribution is 0.311. The van der Waals surface area contributed by atoms with E-state index in [1.54, 1.807) is 25.5 Å². The highest BCUT2D eigenvalue weighted by atomic mass is 32.1. The number of thiazole rings is 1. The van der Waals surface area contributed by atoms with Gasteiger partial charge in [-0.2, -0.15) is 0 Å². The van der Waals surface area contributed by atoms with Crippen LogP contribution in [-0.4, -0.2) is 31.7 Å². The predicted molar refractivity (Wildman–Crippen MR) is 116 cm³/mol. The van der Waals surface area contributed by atoms with Crippen molar-refractivity contribution in [1.82, 2.24) is 10.3 Å². The summed E-state index contributed by atoms with van der Waals surface area (Å²) in [5.41, 5.74) is 2.97. The highest BCUT2D eigenvalue weighted by molar-refractivity contribution is 7.09. The van der Waals surface area contributed by atoms with Gasteiger partial charge in [0.05, 0.1) is 26.0 Å². The highest BCUT2D eigenvalue weighted by Crippen LogP contribution is 2.30. The molecule has 2 N–H and O–H groups in total. The zero-order valence-electron chi connectivity index (χ0n) is 16.2. The number of ether oxygens (including phenoxy) is 2. The summed E-state index contributed by atoms with van der Waals surface area (Å²) in [5.74, 6) is 2.05.